The van der Waals surface area contributed by atoms with Crippen molar-refractivity contribution in [1.82, 2.24) is 4.90 Å². The maximum absolute atomic E-state index is 12.6. The first-order valence-corrected chi connectivity index (χ1v) is 8.56. The minimum Gasteiger partial charge on any atom is -0.481 e. The predicted molar refractivity (Wildman–Crippen MR) is 90.8 cm³/mol. The Kier molecular flexibility index (Phi) is 6.12. The van der Waals surface area contributed by atoms with E-state index in [2.05, 4.69) is 5.32 Å². The minimum atomic E-state index is -4.95. The summed E-state index contributed by atoms with van der Waals surface area (Å²) >= 11 is 0. The second-order valence-electron chi connectivity index (χ2n) is 6.68. The van der Waals surface area contributed by atoms with Crippen LogP contribution in [0.1, 0.15) is 38.2 Å². The van der Waals surface area contributed by atoms with Gasteiger partial charge in [-0.05, 0) is 37.5 Å². The van der Waals surface area contributed by atoms with Gasteiger partial charge in [-0.3, -0.25) is 14.4 Å². The van der Waals surface area contributed by atoms with E-state index in [1.165, 1.54) is 13.0 Å². The first kappa shape index (κ1) is 20.7. The van der Waals surface area contributed by atoms with Crippen LogP contribution in [-0.4, -0.2) is 40.5 Å². The first-order chi connectivity index (χ1) is 12.6. The van der Waals surface area contributed by atoms with Gasteiger partial charge >= 0.3 is 18.1 Å². The number of rotatable bonds is 7. The highest BCUT2D eigenvalue weighted by Gasteiger charge is 2.46. The Balaban J connectivity index is 2.03. The zero-order valence-corrected chi connectivity index (χ0v) is 14.8. The fourth-order valence-corrected chi connectivity index (χ4v) is 3.06. The number of benzene rings is 1. The van der Waals surface area contributed by atoms with E-state index in [0.717, 1.165) is 6.42 Å². The normalized spacial score (nSPS) is 15.6. The van der Waals surface area contributed by atoms with E-state index in [4.69, 9.17) is 0 Å². The quantitative estimate of drug-likeness (QED) is 0.754. The number of halogens is 3. The molecular weight excluding hydrogens is 365 g/mol. The molecule has 1 saturated carbocycles. The molecule has 2 amide bonds. The number of aliphatic carboxylic acids is 1. The van der Waals surface area contributed by atoms with Gasteiger partial charge < -0.3 is 15.3 Å². The Morgan fingerprint density at radius 1 is 1.26 bits per heavy atom. The van der Waals surface area contributed by atoms with Gasteiger partial charge in [0.2, 0.25) is 5.91 Å². The van der Waals surface area contributed by atoms with Crippen molar-refractivity contribution in [3.05, 3.63) is 29.8 Å². The monoisotopic (exact) mass is 386 g/mol. The fourth-order valence-electron chi connectivity index (χ4n) is 3.06. The number of anilines is 1. The lowest BCUT2D eigenvalue weighted by atomic mass is 9.66. The number of alkyl halides is 3. The standard InChI is InChI=1S/C18H21F3N2O4/c1-2-23(15(25)18(19,20)21)11-12-5-3-6-13(9-12)22-14(24)10-17(16(26)27)7-4-8-17/h3,5-6,9H,2,4,7-8,10-11H2,1H3,(H,22,24)(H,26,27). The van der Waals surface area contributed by atoms with Crippen LogP contribution in [-0.2, 0) is 20.9 Å². The van der Waals surface area contributed by atoms with Crippen molar-refractivity contribution < 1.29 is 32.7 Å². The molecule has 0 heterocycles. The maximum atomic E-state index is 12.6. The lowest BCUT2D eigenvalue weighted by molar-refractivity contribution is -0.185. The molecule has 0 unspecified atom stereocenters. The van der Waals surface area contributed by atoms with E-state index >= 15 is 0 Å². The zero-order chi connectivity index (χ0) is 20.2. The molecule has 1 aromatic rings. The van der Waals surface area contributed by atoms with Crippen molar-refractivity contribution in [2.75, 3.05) is 11.9 Å². The Hall–Kier alpha value is -2.58. The number of nitrogens with zero attached hydrogens (tertiary/aromatic N) is 1. The van der Waals surface area contributed by atoms with Crippen LogP contribution < -0.4 is 5.32 Å². The molecule has 1 aromatic carbocycles. The average Bonchev–Trinajstić information content (AvgIpc) is 2.54. The predicted octanol–water partition coefficient (Wildman–Crippen LogP) is 3.18. The SMILES string of the molecule is CCN(Cc1cccc(NC(=O)CC2(C(=O)O)CCC2)c1)C(=O)C(F)(F)F. The summed E-state index contributed by atoms with van der Waals surface area (Å²) in [6.45, 7) is 1.08. The number of carboxylic acids is 1. The number of nitrogens with one attached hydrogen (secondary N) is 1. The van der Waals surface area contributed by atoms with Gasteiger partial charge in [-0.25, -0.2) is 0 Å². The van der Waals surface area contributed by atoms with E-state index < -0.39 is 29.4 Å². The molecule has 2 rings (SSSR count). The van der Waals surface area contributed by atoms with Crippen molar-refractivity contribution in [2.45, 2.75) is 45.3 Å². The summed E-state index contributed by atoms with van der Waals surface area (Å²) in [5, 5.41) is 11.9. The highest BCUT2D eigenvalue weighted by atomic mass is 19.4. The molecule has 6 nitrogen and oxygen atoms in total. The number of carboxylic acid groups (broad SMARTS) is 1. The molecule has 0 radical (unpaired) electrons. The molecule has 1 fully saturated rings. The molecule has 148 valence electrons. The van der Waals surface area contributed by atoms with E-state index in [1.807, 2.05) is 0 Å². The number of hydrogen-bond acceptors (Lipinski definition) is 3. The minimum absolute atomic E-state index is 0.115. The smallest absolute Gasteiger partial charge is 0.471 e. The molecule has 0 spiro atoms. The average molecular weight is 386 g/mol. The fraction of sp³-hybridized carbons (Fsp3) is 0.500. The summed E-state index contributed by atoms with van der Waals surface area (Å²) in [7, 11) is 0. The summed E-state index contributed by atoms with van der Waals surface area (Å²) in [4.78, 5) is 35.6. The van der Waals surface area contributed by atoms with Crippen molar-refractivity contribution in [1.29, 1.82) is 0 Å². The summed E-state index contributed by atoms with van der Waals surface area (Å²) in [6.07, 6.45) is -3.45. The van der Waals surface area contributed by atoms with Crippen molar-refractivity contribution in [3.63, 3.8) is 0 Å². The Bertz CT molecular complexity index is 730. The van der Waals surface area contributed by atoms with Gasteiger partial charge in [0.1, 0.15) is 0 Å². The summed E-state index contributed by atoms with van der Waals surface area (Å²) < 4.78 is 37.8. The van der Waals surface area contributed by atoms with Crippen LogP contribution in [0.15, 0.2) is 24.3 Å². The van der Waals surface area contributed by atoms with E-state index in [9.17, 15) is 32.7 Å². The molecule has 0 aliphatic heterocycles. The molecule has 0 aromatic heterocycles. The molecule has 0 bridgehead atoms. The molecule has 27 heavy (non-hydrogen) atoms. The zero-order valence-electron chi connectivity index (χ0n) is 14.8. The van der Waals surface area contributed by atoms with Gasteiger partial charge in [-0.1, -0.05) is 18.6 Å². The molecule has 0 saturated heterocycles. The van der Waals surface area contributed by atoms with Gasteiger partial charge in [-0.15, -0.1) is 0 Å². The third-order valence-corrected chi connectivity index (χ3v) is 4.76. The van der Waals surface area contributed by atoms with Crippen LogP contribution >= 0.6 is 0 Å². The largest absolute Gasteiger partial charge is 0.481 e. The van der Waals surface area contributed by atoms with Crippen molar-refractivity contribution in [3.8, 4) is 0 Å². The van der Waals surface area contributed by atoms with Crippen LogP contribution in [0.5, 0.6) is 0 Å². The lowest BCUT2D eigenvalue weighted by Gasteiger charge is -2.36. The lowest BCUT2D eigenvalue weighted by Crippen LogP contribution is -2.41. The van der Waals surface area contributed by atoms with Gasteiger partial charge in [0.05, 0.1) is 5.41 Å². The van der Waals surface area contributed by atoms with E-state index in [-0.39, 0.29) is 19.5 Å². The molecule has 9 heteroatoms. The summed E-state index contributed by atoms with van der Waals surface area (Å²) in [5.74, 6) is -3.39. The van der Waals surface area contributed by atoms with E-state index in [0.29, 0.717) is 29.0 Å². The highest BCUT2D eigenvalue weighted by Crippen LogP contribution is 2.44. The molecule has 1 aliphatic carbocycles. The topological polar surface area (TPSA) is 86.7 Å². The second-order valence-corrected chi connectivity index (χ2v) is 6.68. The molecular formula is C18H21F3N2O4. The van der Waals surface area contributed by atoms with Gasteiger partial charge in [0.15, 0.2) is 0 Å². The second kappa shape index (κ2) is 7.98. The molecule has 1 aliphatic rings. The number of amides is 2. The van der Waals surface area contributed by atoms with Gasteiger partial charge in [-0.2, -0.15) is 13.2 Å². The van der Waals surface area contributed by atoms with Crippen LogP contribution in [0.4, 0.5) is 18.9 Å². The van der Waals surface area contributed by atoms with Crippen LogP contribution in [0.3, 0.4) is 0 Å². The number of carbonyl (C=O) groups excluding carboxylic acids is 2. The molecule has 2 N–H and O–H groups in total. The number of hydrogen-bond donors (Lipinski definition) is 2. The van der Waals surface area contributed by atoms with E-state index in [1.54, 1.807) is 18.2 Å². The highest BCUT2D eigenvalue weighted by molar-refractivity contribution is 5.94. The third-order valence-electron chi connectivity index (χ3n) is 4.76. The third kappa shape index (κ3) is 4.99. The Labute approximate surface area is 154 Å². The number of carbonyl (C=O) groups is 3. The summed E-state index contributed by atoms with van der Waals surface area (Å²) in [6, 6.07) is 6.12. The van der Waals surface area contributed by atoms with Crippen LogP contribution in [0, 0.1) is 5.41 Å². The van der Waals surface area contributed by atoms with Crippen molar-refractivity contribution >= 4 is 23.5 Å². The van der Waals surface area contributed by atoms with Crippen LogP contribution in [0.25, 0.3) is 0 Å². The van der Waals surface area contributed by atoms with Crippen LogP contribution in [0.2, 0.25) is 0 Å². The first-order valence-electron chi connectivity index (χ1n) is 8.56. The van der Waals surface area contributed by atoms with Gasteiger partial charge in [0, 0.05) is 25.2 Å². The maximum Gasteiger partial charge on any atom is 0.471 e. The Morgan fingerprint density at radius 3 is 2.41 bits per heavy atom. The summed E-state index contributed by atoms with van der Waals surface area (Å²) in [5.41, 5.74) is -0.267. The van der Waals surface area contributed by atoms with Crippen molar-refractivity contribution in [2.24, 2.45) is 5.41 Å². The molecule has 0 atom stereocenters. The van der Waals surface area contributed by atoms with Gasteiger partial charge in [0.25, 0.3) is 0 Å². The Morgan fingerprint density at radius 2 is 1.93 bits per heavy atom.